The molecular weight excluding hydrogens is 867 g/mol. The van der Waals surface area contributed by atoms with Crippen LogP contribution in [0.4, 0.5) is 0 Å². The van der Waals surface area contributed by atoms with Gasteiger partial charge in [0.25, 0.3) is 0 Å². The molecule has 2 aliphatic rings. The van der Waals surface area contributed by atoms with Gasteiger partial charge in [-0.25, -0.2) is 9.97 Å². The van der Waals surface area contributed by atoms with E-state index in [1.807, 2.05) is 48.6 Å². The Morgan fingerprint density at radius 1 is 0.344 bits per heavy atom. The Morgan fingerprint density at radius 2 is 0.557 bits per heavy atom. The van der Waals surface area contributed by atoms with E-state index in [-0.39, 0.29) is 22.3 Å². The predicted molar refractivity (Wildman–Crippen MR) is 231 cm³/mol. The first kappa shape index (κ1) is 39.8. The minimum absolute atomic E-state index is 0.0808. The zero-order valence-electron chi connectivity index (χ0n) is 31.8. The van der Waals surface area contributed by atoms with Gasteiger partial charge in [-0.2, -0.15) is 0 Å². The van der Waals surface area contributed by atoms with E-state index in [0.29, 0.717) is 0 Å². The third kappa shape index (κ3) is 8.46. The Labute approximate surface area is 350 Å². The molecule has 0 fully saturated rings. The van der Waals surface area contributed by atoms with E-state index in [2.05, 4.69) is 44.2 Å². The number of fused-ring (bicyclic) bond motifs is 8. The van der Waals surface area contributed by atoms with Crippen molar-refractivity contribution in [1.82, 2.24) is 19.9 Å². The van der Waals surface area contributed by atoms with Crippen LogP contribution < -0.4 is 16.1 Å². The first-order valence-corrected chi connectivity index (χ1v) is 21.6. The fourth-order valence-corrected chi connectivity index (χ4v) is 13.8. The van der Waals surface area contributed by atoms with Crippen LogP contribution in [-0.4, -0.2) is 64.2 Å². The van der Waals surface area contributed by atoms with E-state index in [0.717, 1.165) is 61.0 Å². The van der Waals surface area contributed by atoms with Crippen molar-refractivity contribution in [2.24, 2.45) is 0 Å². The first-order chi connectivity index (χ1) is 29.4. The fraction of sp³-hybridized carbons (Fsp3) is 0. The molecule has 61 heavy (non-hydrogen) atoms. The molecule has 0 saturated carbocycles. The number of nitrogens with zero attached hydrogens (tertiary/aromatic N) is 2. The summed E-state index contributed by atoms with van der Waals surface area (Å²) in [5.41, 5.74) is 8.18. The number of nitrogens with one attached hydrogen (secondary N) is 2. The van der Waals surface area contributed by atoms with Gasteiger partial charge in [0.15, 0.2) is 0 Å². The Hall–Kier alpha value is -7.98. The summed E-state index contributed by atoms with van der Waals surface area (Å²) in [6.45, 7) is 0. The third-order valence-corrected chi connectivity index (χ3v) is 16.9. The van der Waals surface area contributed by atoms with Gasteiger partial charge in [0, 0.05) is 22.1 Å². The Bertz CT molecular complexity index is 2670. The summed E-state index contributed by atoms with van der Waals surface area (Å²) >= 11 is -3.47. The number of carbonyl (C=O) groups is 4. The summed E-state index contributed by atoms with van der Waals surface area (Å²) in [6, 6.07) is 41.8. The quantitative estimate of drug-likeness (QED) is 0.0871. The Kier molecular flexibility index (Phi) is 10.9. The summed E-state index contributed by atoms with van der Waals surface area (Å²) in [4.78, 5) is 62.1. The number of aromatic amines is 2. The summed E-state index contributed by atoms with van der Waals surface area (Å²) in [5, 5.41) is 37.7. The van der Waals surface area contributed by atoms with Gasteiger partial charge in [-0.15, -0.1) is 0 Å². The Morgan fingerprint density at radius 3 is 0.754 bits per heavy atom. The SMILES string of the molecule is C1=Cc2cc3ccc(cc4nc(cc5ccc(cc1n2)[nH]5)C=C4)[nH]3.O=C(O)c1cc[c]([Pd]([c]2ccc(C(=O)O)cc2)([c]2ccc(C(=O)O)cc2)[c]2ccc(C(=O)O)cc2)cc1. The van der Waals surface area contributed by atoms with Crippen LogP contribution in [0, 0.1) is 0 Å². The molecule has 9 rings (SSSR count). The molecule has 12 nitrogen and oxygen atoms in total. The van der Waals surface area contributed by atoms with Crippen molar-refractivity contribution in [3.63, 3.8) is 0 Å². The number of benzene rings is 4. The molecule has 0 atom stereocenters. The summed E-state index contributed by atoms with van der Waals surface area (Å²) in [6.07, 6.45) is 8.09. The number of carboxylic acid groups (broad SMARTS) is 4. The van der Waals surface area contributed by atoms with Crippen LogP contribution in [-0.2, 0) is 15.5 Å². The van der Waals surface area contributed by atoms with Crippen LogP contribution in [0.1, 0.15) is 64.2 Å². The molecule has 0 unspecified atom stereocenters. The van der Waals surface area contributed by atoms with Crippen LogP contribution in [0.5, 0.6) is 0 Å². The number of carboxylic acids is 4. The van der Waals surface area contributed by atoms with E-state index in [1.165, 1.54) is 48.5 Å². The van der Waals surface area contributed by atoms with Gasteiger partial charge in [0.05, 0.1) is 22.8 Å². The van der Waals surface area contributed by atoms with Crippen molar-refractivity contribution in [2.45, 2.75) is 0 Å². The maximum atomic E-state index is 11.5. The summed E-state index contributed by atoms with van der Waals surface area (Å²) in [5.74, 6) is -4.38. The number of aromatic carboxylic acids is 4. The van der Waals surface area contributed by atoms with Crippen LogP contribution in [0.2, 0.25) is 0 Å². The molecule has 6 N–H and O–H groups in total. The molecule has 0 saturated heterocycles. The molecule has 8 bridgehead atoms. The first-order valence-electron chi connectivity index (χ1n) is 18.5. The van der Waals surface area contributed by atoms with Crippen LogP contribution >= 0.6 is 0 Å². The van der Waals surface area contributed by atoms with E-state index in [1.54, 1.807) is 48.5 Å². The van der Waals surface area contributed by atoms with Gasteiger partial charge in [0.1, 0.15) is 0 Å². The number of hydrogen-bond donors (Lipinski definition) is 6. The van der Waals surface area contributed by atoms with E-state index in [9.17, 15) is 39.6 Å². The molecule has 4 aromatic carbocycles. The van der Waals surface area contributed by atoms with Crippen LogP contribution in [0.15, 0.2) is 146 Å². The van der Waals surface area contributed by atoms with E-state index >= 15 is 0 Å². The van der Waals surface area contributed by atoms with Crippen molar-refractivity contribution in [2.75, 3.05) is 0 Å². The second-order valence-electron chi connectivity index (χ2n) is 13.5. The van der Waals surface area contributed by atoms with Gasteiger partial charge in [0.2, 0.25) is 0 Å². The average Bonchev–Trinajstić information content (AvgIpc) is 4.10. The molecule has 0 spiro atoms. The zero-order chi connectivity index (χ0) is 42.7. The zero-order valence-corrected chi connectivity index (χ0v) is 33.4. The fourth-order valence-electron chi connectivity index (χ4n) is 6.54. The van der Waals surface area contributed by atoms with Gasteiger partial charge in [-0.05, 0) is 72.8 Å². The molecule has 3 aromatic heterocycles. The molecule has 13 heteroatoms. The van der Waals surface area contributed by atoms with Gasteiger partial charge in [-0.3, -0.25) is 0 Å². The van der Waals surface area contributed by atoms with Crippen molar-refractivity contribution < 1.29 is 55.1 Å². The van der Waals surface area contributed by atoms with Crippen molar-refractivity contribution >= 4 is 86.4 Å². The Balaban J connectivity index is 0.000000183. The molecule has 0 aliphatic carbocycles. The van der Waals surface area contributed by atoms with Gasteiger partial charge in [-0.1, -0.05) is 0 Å². The molecule has 5 heterocycles. The van der Waals surface area contributed by atoms with E-state index in [4.69, 9.17) is 0 Å². The number of rotatable bonds is 8. The van der Waals surface area contributed by atoms with Crippen LogP contribution in [0.3, 0.4) is 0 Å². The number of H-pyrrole nitrogens is 2. The minimum atomic E-state index is -3.47. The second kappa shape index (κ2) is 16.7. The van der Waals surface area contributed by atoms with Crippen molar-refractivity contribution in [3.8, 4) is 0 Å². The van der Waals surface area contributed by atoms with Crippen LogP contribution in [0.25, 0.3) is 46.4 Å². The van der Waals surface area contributed by atoms with Crippen molar-refractivity contribution in [3.05, 3.63) is 191 Å². The van der Waals surface area contributed by atoms with Gasteiger partial charge < -0.3 is 9.97 Å². The summed E-state index contributed by atoms with van der Waals surface area (Å²) < 4.78 is 3.01. The second-order valence-corrected chi connectivity index (χ2v) is 19.4. The topological polar surface area (TPSA) is 207 Å². The molecule has 2 aliphatic heterocycles. The molecule has 7 aromatic rings. The predicted octanol–water partition coefficient (Wildman–Crippen LogP) is 6.89. The van der Waals surface area contributed by atoms with Crippen molar-refractivity contribution in [1.29, 1.82) is 0 Å². The third-order valence-electron chi connectivity index (χ3n) is 9.42. The standard InChI is InChI=1S/C20H14N4.4C7H5O2.Pd/c1-2-14-10-16-5-6-18(23-16)12-20-8-7-19(24-20)11-17-4-3-15(22-17)9-13(1)21-14;4*8-7(9)6-4-2-1-3-5-6;/h1-12,21,24H;4*2-5H,(H,8,9);. The summed E-state index contributed by atoms with van der Waals surface area (Å²) in [7, 11) is 0. The van der Waals surface area contributed by atoms with Gasteiger partial charge >= 0.3 is 214 Å². The molecule has 304 valence electrons. The maximum absolute atomic E-state index is 11.5. The normalized spacial score (nSPS) is 11.9. The molecular formula is C48H34N4O8Pd. The monoisotopic (exact) mass is 900 g/mol. The number of hydrogen-bond acceptors (Lipinski definition) is 6. The average molecular weight is 901 g/mol. The molecule has 0 radical (unpaired) electrons. The molecule has 0 amide bonds. The van der Waals surface area contributed by atoms with E-state index < -0.39 is 39.4 Å². The number of aromatic nitrogens is 4.